The second-order valence-electron chi connectivity index (χ2n) is 5.11. The zero-order valence-corrected chi connectivity index (χ0v) is 11.6. The SMILES string of the molecule is COCC1CCCN1CC(O)c1cccc([N+](=O)[O-])c1. The van der Waals surface area contributed by atoms with Crippen LogP contribution in [0.3, 0.4) is 0 Å². The molecular formula is C14H20N2O4. The molecule has 0 amide bonds. The number of aliphatic hydroxyl groups excluding tert-OH is 1. The molecule has 6 nitrogen and oxygen atoms in total. The summed E-state index contributed by atoms with van der Waals surface area (Å²) in [6.45, 7) is 2.07. The van der Waals surface area contributed by atoms with Crippen molar-refractivity contribution >= 4 is 5.69 Å². The van der Waals surface area contributed by atoms with Gasteiger partial charge in [-0.05, 0) is 24.9 Å². The molecule has 1 saturated heterocycles. The van der Waals surface area contributed by atoms with Crippen molar-refractivity contribution in [2.45, 2.75) is 25.0 Å². The number of benzene rings is 1. The number of ether oxygens (including phenoxy) is 1. The van der Waals surface area contributed by atoms with Gasteiger partial charge in [0.1, 0.15) is 0 Å². The minimum absolute atomic E-state index is 0.0106. The van der Waals surface area contributed by atoms with Gasteiger partial charge in [0.05, 0.1) is 17.6 Å². The van der Waals surface area contributed by atoms with Crippen LogP contribution in [0.4, 0.5) is 5.69 Å². The predicted octanol–water partition coefficient (Wildman–Crippen LogP) is 1.74. The molecule has 2 atom stereocenters. The first-order valence-corrected chi connectivity index (χ1v) is 6.77. The van der Waals surface area contributed by atoms with E-state index in [2.05, 4.69) is 4.90 Å². The van der Waals surface area contributed by atoms with Gasteiger partial charge in [-0.25, -0.2) is 0 Å². The summed E-state index contributed by atoms with van der Waals surface area (Å²) < 4.78 is 5.18. The normalized spacial score (nSPS) is 21.0. The Morgan fingerprint density at radius 1 is 1.60 bits per heavy atom. The topological polar surface area (TPSA) is 75.8 Å². The van der Waals surface area contributed by atoms with Crippen molar-refractivity contribution in [2.75, 3.05) is 26.8 Å². The first kappa shape index (κ1) is 14.9. The Hall–Kier alpha value is -1.50. The molecule has 0 spiro atoms. The van der Waals surface area contributed by atoms with Gasteiger partial charge < -0.3 is 9.84 Å². The minimum Gasteiger partial charge on any atom is -0.387 e. The third-order valence-electron chi connectivity index (χ3n) is 3.73. The van der Waals surface area contributed by atoms with Crippen LogP contribution in [-0.2, 0) is 4.74 Å². The van der Waals surface area contributed by atoms with Crippen LogP contribution in [0.1, 0.15) is 24.5 Å². The molecule has 1 aliphatic heterocycles. The molecule has 0 radical (unpaired) electrons. The fraction of sp³-hybridized carbons (Fsp3) is 0.571. The monoisotopic (exact) mass is 280 g/mol. The van der Waals surface area contributed by atoms with Crippen LogP contribution in [-0.4, -0.2) is 47.8 Å². The molecule has 2 rings (SSSR count). The lowest BCUT2D eigenvalue weighted by molar-refractivity contribution is -0.385. The van der Waals surface area contributed by atoms with Crippen LogP contribution in [0.15, 0.2) is 24.3 Å². The van der Waals surface area contributed by atoms with Crippen molar-refractivity contribution < 1.29 is 14.8 Å². The molecule has 1 aliphatic rings. The predicted molar refractivity (Wildman–Crippen MR) is 74.5 cm³/mol. The maximum Gasteiger partial charge on any atom is 0.269 e. The number of hydrogen-bond donors (Lipinski definition) is 1. The standard InChI is InChI=1S/C14H20N2O4/c1-20-10-13-6-3-7-15(13)9-14(17)11-4-2-5-12(8-11)16(18)19/h2,4-5,8,13-14,17H,3,6-7,9-10H2,1H3. The Bertz CT molecular complexity index is 466. The Morgan fingerprint density at radius 3 is 3.10 bits per heavy atom. The fourth-order valence-electron chi connectivity index (χ4n) is 2.69. The van der Waals surface area contributed by atoms with E-state index in [0.717, 1.165) is 19.4 Å². The summed E-state index contributed by atoms with van der Waals surface area (Å²) in [6, 6.07) is 6.52. The maximum absolute atomic E-state index is 10.8. The number of hydrogen-bond acceptors (Lipinski definition) is 5. The molecule has 1 aromatic carbocycles. The highest BCUT2D eigenvalue weighted by Gasteiger charge is 2.26. The molecule has 1 aromatic rings. The van der Waals surface area contributed by atoms with Gasteiger partial charge in [0.2, 0.25) is 0 Å². The molecule has 0 saturated carbocycles. The van der Waals surface area contributed by atoms with E-state index in [9.17, 15) is 15.2 Å². The van der Waals surface area contributed by atoms with Crippen LogP contribution in [0.2, 0.25) is 0 Å². The largest absolute Gasteiger partial charge is 0.387 e. The second kappa shape index (κ2) is 6.78. The van der Waals surface area contributed by atoms with Crippen molar-refractivity contribution in [1.29, 1.82) is 0 Å². The van der Waals surface area contributed by atoms with Crippen LogP contribution in [0, 0.1) is 10.1 Å². The lowest BCUT2D eigenvalue weighted by Gasteiger charge is -2.26. The van der Waals surface area contributed by atoms with Crippen molar-refractivity contribution in [3.63, 3.8) is 0 Å². The molecule has 6 heteroatoms. The van der Waals surface area contributed by atoms with Gasteiger partial charge in [-0.1, -0.05) is 12.1 Å². The summed E-state index contributed by atoms with van der Waals surface area (Å²) in [7, 11) is 1.67. The zero-order chi connectivity index (χ0) is 14.5. The first-order valence-electron chi connectivity index (χ1n) is 6.77. The Balaban J connectivity index is 2.02. The van der Waals surface area contributed by atoms with E-state index in [-0.39, 0.29) is 5.69 Å². The number of methoxy groups -OCH3 is 1. The zero-order valence-electron chi connectivity index (χ0n) is 11.6. The number of β-amino-alcohol motifs (C(OH)–C–C–N with tert-alkyl or cyclic N) is 1. The van der Waals surface area contributed by atoms with Gasteiger partial charge in [0.15, 0.2) is 0 Å². The molecule has 0 bridgehead atoms. The summed E-state index contributed by atoms with van der Waals surface area (Å²) in [5, 5.41) is 21.0. The van der Waals surface area contributed by atoms with Crippen molar-refractivity contribution in [3.05, 3.63) is 39.9 Å². The van der Waals surface area contributed by atoms with Crippen molar-refractivity contribution in [1.82, 2.24) is 4.90 Å². The third kappa shape index (κ3) is 3.53. The smallest absolute Gasteiger partial charge is 0.269 e. The second-order valence-corrected chi connectivity index (χ2v) is 5.11. The molecule has 1 N–H and O–H groups in total. The lowest BCUT2D eigenvalue weighted by atomic mass is 10.1. The Kier molecular flexibility index (Phi) is 5.05. The molecule has 0 aliphatic carbocycles. The summed E-state index contributed by atoms with van der Waals surface area (Å²) >= 11 is 0. The number of non-ortho nitro benzene ring substituents is 1. The van der Waals surface area contributed by atoms with E-state index in [4.69, 9.17) is 4.74 Å². The summed E-state index contributed by atoms with van der Waals surface area (Å²) in [5.41, 5.74) is 0.596. The van der Waals surface area contributed by atoms with Crippen LogP contribution in [0.5, 0.6) is 0 Å². The molecular weight excluding hydrogens is 260 g/mol. The first-order chi connectivity index (χ1) is 9.61. The average Bonchev–Trinajstić information content (AvgIpc) is 2.86. The third-order valence-corrected chi connectivity index (χ3v) is 3.73. The van der Waals surface area contributed by atoms with Crippen LogP contribution in [0.25, 0.3) is 0 Å². The number of aliphatic hydroxyl groups is 1. The fourth-order valence-corrected chi connectivity index (χ4v) is 2.69. The van der Waals surface area contributed by atoms with Gasteiger partial charge in [0, 0.05) is 31.8 Å². The number of nitro groups is 1. The molecule has 1 fully saturated rings. The molecule has 1 heterocycles. The van der Waals surface area contributed by atoms with Gasteiger partial charge in [-0.15, -0.1) is 0 Å². The Morgan fingerprint density at radius 2 is 2.40 bits per heavy atom. The molecule has 0 aromatic heterocycles. The van der Waals surface area contributed by atoms with Crippen LogP contribution >= 0.6 is 0 Å². The average molecular weight is 280 g/mol. The van der Waals surface area contributed by atoms with E-state index in [1.54, 1.807) is 19.2 Å². The number of nitro benzene ring substituents is 1. The number of likely N-dealkylation sites (tertiary alicyclic amines) is 1. The van der Waals surface area contributed by atoms with E-state index in [1.165, 1.54) is 12.1 Å². The molecule has 2 unspecified atom stereocenters. The molecule has 20 heavy (non-hydrogen) atoms. The highest BCUT2D eigenvalue weighted by molar-refractivity contribution is 5.35. The maximum atomic E-state index is 10.8. The van der Waals surface area contributed by atoms with Gasteiger partial charge in [-0.3, -0.25) is 15.0 Å². The lowest BCUT2D eigenvalue weighted by Crippen LogP contribution is -2.36. The van der Waals surface area contributed by atoms with E-state index in [1.807, 2.05) is 0 Å². The summed E-state index contributed by atoms with van der Waals surface area (Å²) in [5.74, 6) is 0. The van der Waals surface area contributed by atoms with E-state index in [0.29, 0.717) is 24.8 Å². The Labute approximate surface area is 118 Å². The van der Waals surface area contributed by atoms with Gasteiger partial charge in [-0.2, -0.15) is 0 Å². The van der Waals surface area contributed by atoms with Crippen molar-refractivity contribution in [3.8, 4) is 0 Å². The quantitative estimate of drug-likeness (QED) is 0.634. The van der Waals surface area contributed by atoms with E-state index >= 15 is 0 Å². The van der Waals surface area contributed by atoms with Gasteiger partial charge >= 0.3 is 0 Å². The number of nitrogens with zero attached hydrogens (tertiary/aromatic N) is 2. The summed E-state index contributed by atoms with van der Waals surface area (Å²) in [4.78, 5) is 12.5. The van der Waals surface area contributed by atoms with Gasteiger partial charge in [0.25, 0.3) is 5.69 Å². The minimum atomic E-state index is -0.715. The highest BCUT2D eigenvalue weighted by Crippen LogP contribution is 2.24. The highest BCUT2D eigenvalue weighted by atomic mass is 16.6. The van der Waals surface area contributed by atoms with E-state index < -0.39 is 11.0 Å². The van der Waals surface area contributed by atoms with Crippen LogP contribution < -0.4 is 0 Å². The summed E-state index contributed by atoms with van der Waals surface area (Å²) in [6.07, 6.45) is 1.44. The van der Waals surface area contributed by atoms with Crippen molar-refractivity contribution in [2.24, 2.45) is 0 Å². The molecule has 110 valence electrons. The number of rotatable bonds is 6.